The third kappa shape index (κ3) is 3.89. The minimum atomic E-state index is -0.776. The van der Waals surface area contributed by atoms with Crippen LogP contribution in [0.4, 0.5) is 0 Å². The topological polar surface area (TPSA) is 58.2 Å². The predicted octanol–water partition coefficient (Wildman–Crippen LogP) is 1.38. The molecule has 0 bridgehead atoms. The van der Waals surface area contributed by atoms with E-state index in [9.17, 15) is 9.59 Å². The van der Waals surface area contributed by atoms with Crippen LogP contribution in [0, 0.1) is 5.41 Å². The number of rotatable bonds is 6. The molecule has 2 amide bonds. The van der Waals surface area contributed by atoms with E-state index in [-0.39, 0.29) is 17.2 Å². The molecule has 6 heteroatoms. The van der Waals surface area contributed by atoms with Crippen molar-refractivity contribution in [3.05, 3.63) is 12.7 Å². The van der Waals surface area contributed by atoms with Crippen molar-refractivity contribution >= 4 is 35.0 Å². The Kier molecular flexibility index (Phi) is 4.44. The predicted molar refractivity (Wildman–Crippen MR) is 68.0 cm³/mol. The van der Waals surface area contributed by atoms with Gasteiger partial charge in [0, 0.05) is 24.9 Å². The SMILES string of the molecule is C=CC(=O)NCCNC(=O)CC1(C)CC1(Cl)Cl. The lowest BCUT2D eigenvalue weighted by Gasteiger charge is -2.11. The van der Waals surface area contributed by atoms with Crippen LogP contribution in [0.25, 0.3) is 0 Å². The summed E-state index contributed by atoms with van der Waals surface area (Å²) in [6.07, 6.45) is 2.11. The Labute approximate surface area is 111 Å². The Hall–Kier alpha value is -0.740. The number of hydrogen-bond donors (Lipinski definition) is 2. The molecule has 0 aromatic carbocycles. The zero-order valence-electron chi connectivity index (χ0n) is 9.69. The molecule has 1 fully saturated rings. The fourth-order valence-electron chi connectivity index (χ4n) is 1.51. The second-order valence-corrected chi connectivity index (χ2v) is 5.95. The summed E-state index contributed by atoms with van der Waals surface area (Å²) in [5.41, 5.74) is -0.329. The van der Waals surface area contributed by atoms with Crippen LogP contribution < -0.4 is 10.6 Å². The van der Waals surface area contributed by atoms with Gasteiger partial charge in [-0.3, -0.25) is 9.59 Å². The Morgan fingerprint density at radius 2 is 1.88 bits per heavy atom. The zero-order valence-corrected chi connectivity index (χ0v) is 11.2. The van der Waals surface area contributed by atoms with Gasteiger partial charge < -0.3 is 10.6 Å². The first-order valence-corrected chi connectivity index (χ1v) is 6.11. The molecule has 17 heavy (non-hydrogen) atoms. The summed E-state index contributed by atoms with van der Waals surface area (Å²) in [4.78, 5) is 22.3. The summed E-state index contributed by atoms with van der Waals surface area (Å²) in [7, 11) is 0. The maximum atomic E-state index is 11.5. The minimum Gasteiger partial charge on any atom is -0.354 e. The van der Waals surface area contributed by atoms with Crippen molar-refractivity contribution in [3.63, 3.8) is 0 Å². The van der Waals surface area contributed by atoms with Gasteiger partial charge in [-0.2, -0.15) is 0 Å². The fraction of sp³-hybridized carbons (Fsp3) is 0.636. The van der Waals surface area contributed by atoms with Gasteiger partial charge in [0.15, 0.2) is 0 Å². The number of halogens is 2. The van der Waals surface area contributed by atoms with E-state index in [1.807, 2.05) is 6.92 Å². The van der Waals surface area contributed by atoms with Gasteiger partial charge in [-0.05, 0) is 12.5 Å². The Morgan fingerprint density at radius 1 is 1.35 bits per heavy atom. The van der Waals surface area contributed by atoms with E-state index >= 15 is 0 Å². The largest absolute Gasteiger partial charge is 0.354 e. The van der Waals surface area contributed by atoms with Gasteiger partial charge in [0.1, 0.15) is 4.33 Å². The van der Waals surface area contributed by atoms with Crippen LogP contribution in [0.3, 0.4) is 0 Å². The fourth-order valence-corrected chi connectivity index (χ4v) is 2.24. The molecule has 0 radical (unpaired) electrons. The molecule has 0 heterocycles. The standard InChI is InChI=1S/C11H16Cl2N2O2/c1-3-8(16)14-4-5-15-9(17)6-10(2)7-11(10,12)13/h3H,1,4-7H2,2H3,(H,14,16)(H,15,17). The van der Waals surface area contributed by atoms with Crippen LogP contribution in [0.1, 0.15) is 19.8 Å². The van der Waals surface area contributed by atoms with Crippen molar-refractivity contribution in [2.24, 2.45) is 5.41 Å². The van der Waals surface area contributed by atoms with Crippen molar-refractivity contribution in [3.8, 4) is 0 Å². The van der Waals surface area contributed by atoms with E-state index in [0.717, 1.165) is 0 Å². The number of nitrogens with one attached hydrogen (secondary N) is 2. The lowest BCUT2D eigenvalue weighted by molar-refractivity contribution is -0.122. The van der Waals surface area contributed by atoms with Gasteiger partial charge in [0.05, 0.1) is 0 Å². The quantitative estimate of drug-likeness (QED) is 0.438. The summed E-state index contributed by atoms with van der Waals surface area (Å²) in [5, 5.41) is 5.25. The Morgan fingerprint density at radius 3 is 2.35 bits per heavy atom. The molecular weight excluding hydrogens is 263 g/mol. The van der Waals surface area contributed by atoms with Gasteiger partial charge in [0.2, 0.25) is 11.8 Å². The van der Waals surface area contributed by atoms with Crippen LogP contribution in [-0.2, 0) is 9.59 Å². The Balaban J connectivity index is 2.15. The van der Waals surface area contributed by atoms with E-state index in [0.29, 0.717) is 25.9 Å². The van der Waals surface area contributed by atoms with E-state index in [1.165, 1.54) is 6.08 Å². The van der Waals surface area contributed by atoms with Crippen molar-refractivity contribution in [1.82, 2.24) is 10.6 Å². The highest BCUT2D eigenvalue weighted by Gasteiger charge is 2.63. The molecule has 1 rings (SSSR count). The molecule has 96 valence electrons. The Bertz CT molecular complexity index is 344. The average Bonchev–Trinajstić information content (AvgIpc) is 2.71. The maximum absolute atomic E-state index is 11.5. The average molecular weight is 279 g/mol. The number of amides is 2. The third-order valence-electron chi connectivity index (χ3n) is 2.85. The molecule has 1 saturated carbocycles. The van der Waals surface area contributed by atoms with Crippen molar-refractivity contribution in [2.45, 2.75) is 24.1 Å². The molecule has 1 aliphatic carbocycles. The number of alkyl halides is 2. The van der Waals surface area contributed by atoms with Gasteiger partial charge >= 0.3 is 0 Å². The van der Waals surface area contributed by atoms with E-state index < -0.39 is 4.33 Å². The number of carbonyl (C=O) groups excluding carboxylic acids is 2. The lowest BCUT2D eigenvalue weighted by atomic mass is 10.1. The van der Waals surface area contributed by atoms with Crippen LogP contribution in [0.5, 0.6) is 0 Å². The van der Waals surface area contributed by atoms with Crippen molar-refractivity contribution in [2.75, 3.05) is 13.1 Å². The van der Waals surface area contributed by atoms with Crippen LogP contribution in [0.15, 0.2) is 12.7 Å². The maximum Gasteiger partial charge on any atom is 0.243 e. The molecule has 0 aromatic rings. The van der Waals surface area contributed by atoms with E-state index in [4.69, 9.17) is 23.2 Å². The summed E-state index contributed by atoms with van der Waals surface area (Å²) in [5.74, 6) is -0.363. The highest BCUT2D eigenvalue weighted by atomic mass is 35.5. The molecule has 0 saturated heterocycles. The summed E-state index contributed by atoms with van der Waals surface area (Å²) < 4.78 is -0.776. The molecule has 2 N–H and O–H groups in total. The van der Waals surface area contributed by atoms with Gasteiger partial charge in [-0.1, -0.05) is 13.5 Å². The van der Waals surface area contributed by atoms with Gasteiger partial charge in [-0.25, -0.2) is 0 Å². The number of carbonyl (C=O) groups is 2. The molecule has 1 unspecified atom stereocenters. The highest BCUT2D eigenvalue weighted by Crippen LogP contribution is 2.65. The molecule has 4 nitrogen and oxygen atoms in total. The third-order valence-corrected chi connectivity index (χ3v) is 4.03. The normalized spacial score (nSPS) is 24.9. The molecule has 1 aliphatic rings. The second-order valence-electron chi connectivity index (χ2n) is 4.46. The summed E-state index contributed by atoms with van der Waals surface area (Å²) in [6.45, 7) is 5.96. The van der Waals surface area contributed by atoms with Crippen LogP contribution in [0.2, 0.25) is 0 Å². The zero-order chi connectivity index (χ0) is 13.1. The van der Waals surface area contributed by atoms with Crippen molar-refractivity contribution < 1.29 is 9.59 Å². The molecule has 0 aromatic heterocycles. The van der Waals surface area contributed by atoms with Gasteiger partial charge in [0.25, 0.3) is 0 Å². The number of hydrogen-bond acceptors (Lipinski definition) is 2. The summed E-state index contributed by atoms with van der Waals surface area (Å²) >= 11 is 11.9. The molecule has 0 aliphatic heterocycles. The van der Waals surface area contributed by atoms with Crippen LogP contribution in [-0.4, -0.2) is 29.2 Å². The highest BCUT2D eigenvalue weighted by molar-refractivity contribution is 6.51. The smallest absolute Gasteiger partial charge is 0.243 e. The van der Waals surface area contributed by atoms with Gasteiger partial charge in [-0.15, -0.1) is 23.2 Å². The van der Waals surface area contributed by atoms with E-state index in [2.05, 4.69) is 17.2 Å². The first kappa shape index (κ1) is 14.3. The summed E-state index contributed by atoms with van der Waals surface area (Å²) in [6, 6.07) is 0. The van der Waals surface area contributed by atoms with E-state index in [1.54, 1.807) is 0 Å². The first-order chi connectivity index (χ1) is 7.81. The van der Waals surface area contributed by atoms with Crippen molar-refractivity contribution in [1.29, 1.82) is 0 Å². The molecular formula is C11H16Cl2N2O2. The van der Waals surface area contributed by atoms with Crippen LogP contribution >= 0.6 is 23.2 Å². The molecule has 0 spiro atoms. The monoisotopic (exact) mass is 278 g/mol. The second kappa shape index (κ2) is 5.27. The first-order valence-electron chi connectivity index (χ1n) is 5.35. The molecule has 1 atom stereocenters. The lowest BCUT2D eigenvalue weighted by Crippen LogP contribution is -2.35. The minimum absolute atomic E-state index is 0.108.